The maximum Gasteiger partial charge on any atom is 0.327 e. The van der Waals surface area contributed by atoms with Crippen molar-refractivity contribution in [2.75, 3.05) is 6.61 Å². The van der Waals surface area contributed by atoms with Gasteiger partial charge in [-0.1, -0.05) is 49.4 Å². The normalized spacial score (nSPS) is 10.7. The van der Waals surface area contributed by atoms with Gasteiger partial charge in [0.1, 0.15) is 12.2 Å². The van der Waals surface area contributed by atoms with Crippen molar-refractivity contribution in [3.63, 3.8) is 0 Å². The third-order valence-corrected chi connectivity index (χ3v) is 2.97. The lowest BCUT2D eigenvalue weighted by Gasteiger charge is -2.09. The number of Topliss-reactive ketones (excluding diaryl/α,β-unsaturated/α-hetero) is 1. The zero-order valence-electron chi connectivity index (χ0n) is 12.9. The number of benzene rings is 1. The summed E-state index contributed by atoms with van der Waals surface area (Å²) in [4.78, 5) is 23.6. The minimum Gasteiger partial charge on any atom is -0.464 e. The molecule has 0 aliphatic carbocycles. The SMILES string of the molecule is CC(=O)c1nnn(CC(=O)OCC(C)C)c1-c1ccccc1. The molecule has 0 bridgehead atoms. The van der Waals surface area contributed by atoms with Crippen molar-refractivity contribution in [2.24, 2.45) is 5.92 Å². The molecule has 0 fully saturated rings. The Labute approximate surface area is 129 Å². The lowest BCUT2D eigenvalue weighted by molar-refractivity contribution is -0.145. The molecule has 0 atom stereocenters. The van der Waals surface area contributed by atoms with E-state index in [9.17, 15) is 9.59 Å². The summed E-state index contributed by atoms with van der Waals surface area (Å²) in [6.45, 7) is 5.64. The van der Waals surface area contributed by atoms with Crippen molar-refractivity contribution in [3.8, 4) is 11.3 Å². The Kier molecular flexibility index (Phi) is 5.04. The van der Waals surface area contributed by atoms with Crippen molar-refractivity contribution in [3.05, 3.63) is 36.0 Å². The molecule has 6 nitrogen and oxygen atoms in total. The van der Waals surface area contributed by atoms with Gasteiger partial charge in [0, 0.05) is 12.5 Å². The second-order valence-corrected chi connectivity index (χ2v) is 5.44. The summed E-state index contributed by atoms with van der Waals surface area (Å²) < 4.78 is 6.57. The topological polar surface area (TPSA) is 74.1 Å². The number of ether oxygens (including phenoxy) is 1. The number of rotatable bonds is 6. The van der Waals surface area contributed by atoms with Gasteiger partial charge in [-0.25, -0.2) is 4.68 Å². The Bertz CT molecular complexity index is 663. The van der Waals surface area contributed by atoms with Crippen LogP contribution in [0.4, 0.5) is 0 Å². The maximum atomic E-state index is 11.9. The smallest absolute Gasteiger partial charge is 0.327 e. The first-order chi connectivity index (χ1) is 10.5. The monoisotopic (exact) mass is 301 g/mol. The fraction of sp³-hybridized carbons (Fsp3) is 0.375. The van der Waals surface area contributed by atoms with E-state index < -0.39 is 5.97 Å². The maximum absolute atomic E-state index is 11.9. The van der Waals surface area contributed by atoms with E-state index in [0.29, 0.717) is 12.3 Å². The standard InChI is InChI=1S/C16H19N3O3/c1-11(2)10-22-14(21)9-19-16(13-7-5-4-6-8-13)15(12(3)20)17-18-19/h4-8,11H,9-10H2,1-3H3. The van der Waals surface area contributed by atoms with Gasteiger partial charge >= 0.3 is 5.97 Å². The largest absolute Gasteiger partial charge is 0.464 e. The van der Waals surface area contributed by atoms with Crippen LogP contribution in [0.5, 0.6) is 0 Å². The van der Waals surface area contributed by atoms with E-state index in [1.807, 2.05) is 44.2 Å². The lowest BCUT2D eigenvalue weighted by Crippen LogP contribution is -2.18. The summed E-state index contributed by atoms with van der Waals surface area (Å²) in [6.07, 6.45) is 0. The summed E-state index contributed by atoms with van der Waals surface area (Å²) in [5.41, 5.74) is 1.58. The van der Waals surface area contributed by atoms with Gasteiger partial charge in [0.25, 0.3) is 0 Å². The molecule has 22 heavy (non-hydrogen) atoms. The third-order valence-electron chi connectivity index (χ3n) is 2.97. The number of carbonyl (C=O) groups is 2. The predicted molar refractivity (Wildman–Crippen MR) is 81.3 cm³/mol. The molecular formula is C16H19N3O3. The second-order valence-electron chi connectivity index (χ2n) is 5.44. The first-order valence-electron chi connectivity index (χ1n) is 7.14. The van der Waals surface area contributed by atoms with Crippen LogP contribution >= 0.6 is 0 Å². The van der Waals surface area contributed by atoms with Crippen molar-refractivity contribution in [1.82, 2.24) is 15.0 Å². The van der Waals surface area contributed by atoms with Gasteiger partial charge in [-0.05, 0) is 5.92 Å². The van der Waals surface area contributed by atoms with Gasteiger partial charge in [-0.3, -0.25) is 9.59 Å². The minimum atomic E-state index is -0.397. The molecule has 0 radical (unpaired) electrons. The number of hydrogen-bond acceptors (Lipinski definition) is 5. The Morgan fingerprint density at radius 1 is 1.23 bits per heavy atom. The van der Waals surface area contributed by atoms with Gasteiger partial charge in [0.05, 0.1) is 6.61 Å². The fourth-order valence-corrected chi connectivity index (χ4v) is 1.97. The molecule has 1 aromatic carbocycles. The van der Waals surface area contributed by atoms with E-state index in [1.165, 1.54) is 11.6 Å². The van der Waals surface area contributed by atoms with Crippen LogP contribution in [-0.4, -0.2) is 33.4 Å². The Balaban J connectivity index is 2.29. The van der Waals surface area contributed by atoms with Crippen molar-refractivity contribution < 1.29 is 14.3 Å². The molecule has 0 unspecified atom stereocenters. The Hall–Kier alpha value is -2.50. The summed E-state index contributed by atoms with van der Waals surface area (Å²) in [7, 11) is 0. The summed E-state index contributed by atoms with van der Waals surface area (Å²) in [5.74, 6) is -0.326. The number of ketones is 1. The lowest BCUT2D eigenvalue weighted by atomic mass is 10.1. The quantitative estimate of drug-likeness (QED) is 0.605. The van der Waals surface area contributed by atoms with Gasteiger partial charge in [-0.2, -0.15) is 0 Å². The van der Waals surface area contributed by atoms with E-state index in [-0.39, 0.29) is 23.9 Å². The number of carbonyl (C=O) groups excluding carboxylic acids is 2. The van der Waals surface area contributed by atoms with Gasteiger partial charge < -0.3 is 4.74 Å². The highest BCUT2D eigenvalue weighted by Gasteiger charge is 2.20. The number of hydrogen-bond donors (Lipinski definition) is 0. The zero-order chi connectivity index (χ0) is 16.1. The van der Waals surface area contributed by atoms with Crippen LogP contribution in [0.15, 0.2) is 30.3 Å². The Morgan fingerprint density at radius 2 is 1.91 bits per heavy atom. The highest BCUT2D eigenvalue weighted by atomic mass is 16.5. The molecule has 6 heteroatoms. The summed E-state index contributed by atoms with van der Waals surface area (Å²) >= 11 is 0. The van der Waals surface area contributed by atoms with Crippen LogP contribution in [0.3, 0.4) is 0 Å². The molecule has 0 aliphatic heterocycles. The molecule has 0 saturated carbocycles. The minimum absolute atomic E-state index is 0.0722. The third kappa shape index (κ3) is 3.78. The molecule has 116 valence electrons. The second kappa shape index (κ2) is 6.98. The summed E-state index contributed by atoms with van der Waals surface area (Å²) in [5, 5.41) is 7.82. The van der Waals surface area contributed by atoms with E-state index >= 15 is 0 Å². The average Bonchev–Trinajstić information content (AvgIpc) is 2.90. The van der Waals surface area contributed by atoms with Crippen LogP contribution in [0, 0.1) is 5.92 Å². The molecule has 0 saturated heterocycles. The molecule has 0 spiro atoms. The first-order valence-corrected chi connectivity index (χ1v) is 7.14. The van der Waals surface area contributed by atoms with Crippen LogP contribution in [-0.2, 0) is 16.1 Å². The number of nitrogens with zero attached hydrogens (tertiary/aromatic N) is 3. The van der Waals surface area contributed by atoms with Crippen molar-refractivity contribution in [2.45, 2.75) is 27.3 Å². The predicted octanol–water partition coefficient (Wildman–Crippen LogP) is 2.35. The van der Waals surface area contributed by atoms with Crippen LogP contribution in [0.1, 0.15) is 31.3 Å². The van der Waals surface area contributed by atoms with Crippen LogP contribution < -0.4 is 0 Å². The molecule has 1 heterocycles. The summed E-state index contributed by atoms with van der Waals surface area (Å²) in [6, 6.07) is 9.28. The van der Waals surface area contributed by atoms with E-state index in [2.05, 4.69) is 10.3 Å². The fourth-order valence-electron chi connectivity index (χ4n) is 1.97. The van der Waals surface area contributed by atoms with Crippen LogP contribution in [0.25, 0.3) is 11.3 Å². The molecule has 2 aromatic rings. The molecule has 0 N–H and O–H groups in total. The van der Waals surface area contributed by atoms with Gasteiger partial charge in [0.2, 0.25) is 0 Å². The molecule has 2 rings (SSSR count). The van der Waals surface area contributed by atoms with Crippen LogP contribution in [0.2, 0.25) is 0 Å². The molecule has 0 aliphatic rings. The highest BCUT2D eigenvalue weighted by Crippen LogP contribution is 2.22. The van der Waals surface area contributed by atoms with Crippen molar-refractivity contribution >= 4 is 11.8 Å². The van der Waals surface area contributed by atoms with Gasteiger partial charge in [0.15, 0.2) is 11.5 Å². The van der Waals surface area contributed by atoms with E-state index in [1.54, 1.807) is 0 Å². The number of aromatic nitrogens is 3. The van der Waals surface area contributed by atoms with E-state index in [4.69, 9.17) is 4.74 Å². The van der Waals surface area contributed by atoms with E-state index in [0.717, 1.165) is 5.56 Å². The van der Waals surface area contributed by atoms with Crippen molar-refractivity contribution in [1.29, 1.82) is 0 Å². The highest BCUT2D eigenvalue weighted by molar-refractivity contribution is 5.98. The molecular weight excluding hydrogens is 282 g/mol. The first kappa shape index (κ1) is 15.9. The van der Waals surface area contributed by atoms with Gasteiger partial charge in [-0.15, -0.1) is 5.10 Å². The Morgan fingerprint density at radius 3 is 2.50 bits per heavy atom. The molecule has 1 aromatic heterocycles. The molecule has 0 amide bonds. The average molecular weight is 301 g/mol. The zero-order valence-corrected chi connectivity index (χ0v) is 12.9. The number of esters is 1.